The molecule has 22 heavy (non-hydrogen) atoms. The zero-order valence-corrected chi connectivity index (χ0v) is 13.6. The van der Waals surface area contributed by atoms with Gasteiger partial charge in [0.1, 0.15) is 0 Å². The van der Waals surface area contributed by atoms with Crippen molar-refractivity contribution in [1.29, 1.82) is 0 Å². The molecule has 4 nitrogen and oxygen atoms in total. The highest BCUT2D eigenvalue weighted by Crippen LogP contribution is 2.25. The van der Waals surface area contributed by atoms with Gasteiger partial charge in [0.15, 0.2) is 0 Å². The first-order valence-electron chi connectivity index (χ1n) is 7.89. The van der Waals surface area contributed by atoms with Gasteiger partial charge in [-0.1, -0.05) is 45.0 Å². The molecule has 1 saturated heterocycles. The molecule has 4 heteroatoms. The molecule has 0 aliphatic carbocycles. The molecule has 0 unspecified atom stereocenters. The maximum atomic E-state index is 11.4. The maximum Gasteiger partial charge on any atom is 0.394 e. The lowest BCUT2D eigenvalue weighted by Gasteiger charge is -2.31. The number of carbonyl (C=O) groups excluding carboxylic acids is 1. The topological polar surface area (TPSA) is 57.6 Å². The number of likely N-dealkylation sites (tertiary alicyclic amines) is 1. The van der Waals surface area contributed by atoms with E-state index in [1.54, 1.807) is 0 Å². The van der Waals surface area contributed by atoms with Gasteiger partial charge >= 0.3 is 11.9 Å². The summed E-state index contributed by atoms with van der Waals surface area (Å²) in [6.45, 7) is 7.72. The first-order valence-corrected chi connectivity index (χ1v) is 7.89. The van der Waals surface area contributed by atoms with Crippen molar-refractivity contribution in [1.82, 2.24) is 4.90 Å². The van der Waals surface area contributed by atoms with Crippen LogP contribution < -0.4 is 0 Å². The molecule has 1 N–H and O–H groups in total. The second-order valence-electron chi connectivity index (χ2n) is 7.19. The number of hydrogen-bond acceptors (Lipinski definition) is 2. The summed E-state index contributed by atoms with van der Waals surface area (Å²) in [6, 6.07) is 8.77. The number of carboxylic acids is 1. The Morgan fingerprint density at radius 1 is 1.14 bits per heavy atom. The summed E-state index contributed by atoms with van der Waals surface area (Å²) >= 11 is 0. The van der Waals surface area contributed by atoms with Crippen molar-refractivity contribution in [2.45, 2.75) is 45.4 Å². The fraction of sp³-hybridized carbons (Fsp3) is 0.556. The molecule has 1 amide bonds. The summed E-state index contributed by atoms with van der Waals surface area (Å²) in [4.78, 5) is 23.6. The number of benzene rings is 1. The number of carboxylic acid groups (broad SMARTS) is 1. The summed E-state index contributed by atoms with van der Waals surface area (Å²) in [6.07, 6.45) is 2.75. The lowest BCUT2D eigenvalue weighted by atomic mass is 9.85. The van der Waals surface area contributed by atoms with Crippen LogP contribution in [-0.2, 0) is 21.4 Å². The Hall–Kier alpha value is -1.84. The SMILES string of the molecule is CC(C)(C)c1ccc(CC2CCN(C(=O)C(=O)O)CC2)cc1. The number of amides is 1. The van der Waals surface area contributed by atoms with E-state index >= 15 is 0 Å². The van der Waals surface area contributed by atoms with Crippen molar-refractivity contribution in [2.75, 3.05) is 13.1 Å². The predicted molar refractivity (Wildman–Crippen MR) is 85.8 cm³/mol. The molecule has 0 bridgehead atoms. The van der Waals surface area contributed by atoms with E-state index < -0.39 is 11.9 Å². The molecule has 1 aromatic carbocycles. The summed E-state index contributed by atoms with van der Waals surface area (Å²) in [7, 11) is 0. The van der Waals surface area contributed by atoms with E-state index in [0.717, 1.165) is 19.3 Å². The van der Waals surface area contributed by atoms with Gasteiger partial charge in [0.05, 0.1) is 0 Å². The second kappa shape index (κ2) is 6.51. The molecule has 1 aliphatic rings. The van der Waals surface area contributed by atoms with Gasteiger partial charge in [-0.3, -0.25) is 4.79 Å². The minimum absolute atomic E-state index is 0.168. The fourth-order valence-corrected chi connectivity index (χ4v) is 2.95. The Bertz CT molecular complexity index is 534. The van der Waals surface area contributed by atoms with Crippen molar-refractivity contribution in [3.05, 3.63) is 35.4 Å². The standard InChI is InChI=1S/C18H25NO3/c1-18(2,3)15-6-4-13(5-7-15)12-14-8-10-19(11-9-14)16(20)17(21)22/h4-7,14H,8-12H2,1-3H3,(H,21,22). The molecule has 1 heterocycles. The van der Waals surface area contributed by atoms with Crippen LogP contribution in [0.2, 0.25) is 0 Å². The quantitative estimate of drug-likeness (QED) is 0.855. The van der Waals surface area contributed by atoms with Gasteiger partial charge in [0.2, 0.25) is 0 Å². The Morgan fingerprint density at radius 3 is 2.14 bits per heavy atom. The summed E-state index contributed by atoms with van der Waals surface area (Å²) < 4.78 is 0. The maximum absolute atomic E-state index is 11.4. The molecule has 2 rings (SSSR count). The molecule has 1 aromatic rings. The predicted octanol–water partition coefficient (Wildman–Crippen LogP) is 2.85. The largest absolute Gasteiger partial charge is 0.474 e. The number of hydrogen-bond donors (Lipinski definition) is 1. The smallest absolute Gasteiger partial charge is 0.394 e. The molecule has 1 aliphatic heterocycles. The van der Waals surface area contributed by atoms with Crippen LogP contribution in [0.25, 0.3) is 0 Å². The van der Waals surface area contributed by atoms with Crippen LogP contribution in [0.1, 0.15) is 44.7 Å². The highest BCUT2D eigenvalue weighted by molar-refractivity contribution is 6.31. The monoisotopic (exact) mass is 303 g/mol. The first kappa shape index (κ1) is 16.5. The van der Waals surface area contributed by atoms with Crippen LogP contribution in [-0.4, -0.2) is 35.0 Å². The average molecular weight is 303 g/mol. The van der Waals surface area contributed by atoms with Gasteiger partial charge in [-0.25, -0.2) is 4.79 Å². The van der Waals surface area contributed by atoms with Crippen LogP contribution in [0.15, 0.2) is 24.3 Å². The third kappa shape index (κ3) is 4.09. The summed E-state index contributed by atoms with van der Waals surface area (Å²) in [5, 5.41) is 8.74. The van der Waals surface area contributed by atoms with Crippen LogP contribution >= 0.6 is 0 Å². The third-order valence-corrected chi connectivity index (χ3v) is 4.43. The molecule has 1 fully saturated rings. The van der Waals surface area contributed by atoms with Crippen molar-refractivity contribution in [3.8, 4) is 0 Å². The van der Waals surface area contributed by atoms with E-state index in [9.17, 15) is 9.59 Å². The van der Waals surface area contributed by atoms with E-state index in [2.05, 4.69) is 45.0 Å². The van der Waals surface area contributed by atoms with E-state index in [1.807, 2.05) is 0 Å². The summed E-state index contributed by atoms with van der Waals surface area (Å²) in [5.41, 5.74) is 2.82. The number of aliphatic carboxylic acids is 1. The highest BCUT2D eigenvalue weighted by atomic mass is 16.4. The third-order valence-electron chi connectivity index (χ3n) is 4.43. The molecule has 0 atom stereocenters. The van der Waals surface area contributed by atoms with Crippen LogP contribution in [0.5, 0.6) is 0 Å². The zero-order valence-electron chi connectivity index (χ0n) is 13.6. The van der Waals surface area contributed by atoms with E-state index in [1.165, 1.54) is 16.0 Å². The molecular formula is C18H25NO3. The van der Waals surface area contributed by atoms with Crippen molar-refractivity contribution in [3.63, 3.8) is 0 Å². The van der Waals surface area contributed by atoms with Crippen molar-refractivity contribution < 1.29 is 14.7 Å². The second-order valence-corrected chi connectivity index (χ2v) is 7.19. The lowest BCUT2D eigenvalue weighted by Crippen LogP contribution is -2.42. The Balaban J connectivity index is 1.88. The minimum Gasteiger partial charge on any atom is -0.474 e. The lowest BCUT2D eigenvalue weighted by molar-refractivity contribution is -0.156. The first-order chi connectivity index (χ1) is 10.3. The van der Waals surface area contributed by atoms with E-state index in [0.29, 0.717) is 19.0 Å². The Labute approximate surface area is 132 Å². The van der Waals surface area contributed by atoms with E-state index in [-0.39, 0.29) is 5.41 Å². The van der Waals surface area contributed by atoms with E-state index in [4.69, 9.17) is 5.11 Å². The van der Waals surface area contributed by atoms with Crippen LogP contribution in [0.4, 0.5) is 0 Å². The van der Waals surface area contributed by atoms with Gasteiger partial charge in [0, 0.05) is 13.1 Å². The minimum atomic E-state index is -1.35. The van der Waals surface area contributed by atoms with Crippen LogP contribution in [0.3, 0.4) is 0 Å². The van der Waals surface area contributed by atoms with Gasteiger partial charge in [-0.2, -0.15) is 0 Å². The van der Waals surface area contributed by atoms with Crippen molar-refractivity contribution >= 4 is 11.9 Å². The number of rotatable bonds is 2. The molecule has 0 aromatic heterocycles. The summed E-state index contributed by atoms with van der Waals surface area (Å²) in [5.74, 6) is -1.59. The van der Waals surface area contributed by atoms with Crippen LogP contribution in [0, 0.1) is 5.92 Å². The van der Waals surface area contributed by atoms with Gasteiger partial charge in [-0.05, 0) is 41.7 Å². The average Bonchev–Trinajstić information content (AvgIpc) is 2.47. The molecule has 0 spiro atoms. The molecule has 0 saturated carbocycles. The highest BCUT2D eigenvalue weighted by Gasteiger charge is 2.26. The van der Waals surface area contributed by atoms with Gasteiger partial charge < -0.3 is 10.0 Å². The Morgan fingerprint density at radius 2 is 1.68 bits per heavy atom. The fourth-order valence-electron chi connectivity index (χ4n) is 2.95. The number of nitrogens with zero attached hydrogens (tertiary/aromatic N) is 1. The van der Waals surface area contributed by atoms with Gasteiger partial charge in [-0.15, -0.1) is 0 Å². The molecule has 0 radical (unpaired) electrons. The molecule has 120 valence electrons. The van der Waals surface area contributed by atoms with Gasteiger partial charge in [0.25, 0.3) is 0 Å². The normalized spacial score (nSPS) is 16.6. The zero-order chi connectivity index (χ0) is 16.3. The number of carbonyl (C=O) groups is 2. The van der Waals surface area contributed by atoms with Crippen molar-refractivity contribution in [2.24, 2.45) is 5.92 Å². The number of piperidine rings is 1. The molecular weight excluding hydrogens is 278 g/mol. The Kier molecular flexibility index (Phi) is 4.89.